The number of hydrogen-bond donors (Lipinski definition) is 0. The fourth-order valence-electron chi connectivity index (χ4n) is 2.45. The van der Waals surface area contributed by atoms with E-state index in [0.29, 0.717) is 6.10 Å². The number of hydrogen-bond acceptors (Lipinski definition) is 2. The summed E-state index contributed by atoms with van der Waals surface area (Å²) in [4.78, 5) is 0. The van der Waals surface area contributed by atoms with Gasteiger partial charge in [0, 0.05) is 7.11 Å². The van der Waals surface area contributed by atoms with Gasteiger partial charge in [0.1, 0.15) is 5.60 Å². The Morgan fingerprint density at radius 2 is 1.93 bits per heavy atom. The van der Waals surface area contributed by atoms with Gasteiger partial charge in [-0.1, -0.05) is 12.2 Å². The quantitative estimate of drug-likeness (QED) is 0.649. The molecule has 2 atom stereocenters. The Bertz CT molecular complexity index is 213. The zero-order chi connectivity index (χ0) is 11.3. The summed E-state index contributed by atoms with van der Waals surface area (Å²) in [5.74, 6) is 0. The van der Waals surface area contributed by atoms with E-state index < -0.39 is 0 Å². The first kappa shape index (κ1) is 12.5. The normalized spacial score (nSPS) is 29.7. The van der Waals surface area contributed by atoms with Crippen LogP contribution in [0.5, 0.6) is 0 Å². The first-order valence-electron chi connectivity index (χ1n) is 5.61. The second-order valence-electron chi connectivity index (χ2n) is 4.28. The molecule has 0 saturated carbocycles. The van der Waals surface area contributed by atoms with Crippen molar-refractivity contribution in [1.29, 1.82) is 0 Å². The second-order valence-corrected chi connectivity index (χ2v) is 4.28. The third-order valence-corrected chi connectivity index (χ3v) is 3.12. The molecule has 1 fully saturated rings. The monoisotopic (exact) mass is 210 g/mol. The van der Waals surface area contributed by atoms with Crippen molar-refractivity contribution in [2.45, 2.75) is 50.4 Å². The van der Waals surface area contributed by atoms with Crippen molar-refractivity contribution in [3.05, 3.63) is 25.3 Å². The SMILES string of the molecule is C=CCC1(CC=C)OC(C)CCC1OC. The molecular weight excluding hydrogens is 188 g/mol. The predicted octanol–water partition coefficient (Wildman–Crippen LogP) is 3.09. The molecule has 1 rings (SSSR count). The minimum atomic E-state index is -0.240. The summed E-state index contributed by atoms with van der Waals surface area (Å²) in [5.41, 5.74) is -0.240. The Labute approximate surface area is 93.0 Å². The van der Waals surface area contributed by atoms with Crippen molar-refractivity contribution in [3.8, 4) is 0 Å². The minimum absolute atomic E-state index is 0.157. The number of rotatable bonds is 5. The molecule has 0 bridgehead atoms. The summed E-state index contributed by atoms with van der Waals surface area (Å²) >= 11 is 0. The van der Waals surface area contributed by atoms with Crippen LogP contribution in [-0.2, 0) is 9.47 Å². The van der Waals surface area contributed by atoms with Crippen LogP contribution in [0.1, 0.15) is 32.6 Å². The molecule has 1 heterocycles. The summed E-state index contributed by atoms with van der Waals surface area (Å²) in [5, 5.41) is 0. The summed E-state index contributed by atoms with van der Waals surface area (Å²) in [6, 6.07) is 0. The van der Waals surface area contributed by atoms with E-state index in [-0.39, 0.29) is 11.7 Å². The van der Waals surface area contributed by atoms with Gasteiger partial charge >= 0.3 is 0 Å². The molecule has 0 spiro atoms. The molecule has 0 amide bonds. The molecule has 2 unspecified atom stereocenters. The molecule has 15 heavy (non-hydrogen) atoms. The highest BCUT2D eigenvalue weighted by Gasteiger charge is 2.42. The van der Waals surface area contributed by atoms with Gasteiger partial charge in [-0.2, -0.15) is 0 Å². The third kappa shape index (κ3) is 2.70. The third-order valence-electron chi connectivity index (χ3n) is 3.12. The molecule has 86 valence electrons. The van der Waals surface area contributed by atoms with E-state index in [1.54, 1.807) is 7.11 Å². The summed E-state index contributed by atoms with van der Waals surface area (Å²) in [6.45, 7) is 9.73. The lowest BCUT2D eigenvalue weighted by molar-refractivity contribution is -0.190. The molecule has 2 nitrogen and oxygen atoms in total. The standard InChI is InChI=1S/C13H22O2/c1-5-9-13(10-6-2)12(14-4)8-7-11(3)15-13/h5-6,11-12H,1-2,7-10H2,3-4H3. The van der Waals surface area contributed by atoms with Crippen molar-refractivity contribution in [2.75, 3.05) is 7.11 Å². The molecule has 0 aliphatic carbocycles. The fourth-order valence-corrected chi connectivity index (χ4v) is 2.45. The Morgan fingerprint density at radius 1 is 1.33 bits per heavy atom. The van der Waals surface area contributed by atoms with Gasteiger partial charge in [-0.3, -0.25) is 0 Å². The lowest BCUT2D eigenvalue weighted by Gasteiger charge is -2.45. The highest BCUT2D eigenvalue weighted by atomic mass is 16.6. The summed E-state index contributed by atoms with van der Waals surface area (Å²) in [6.07, 6.45) is 8.04. The average molecular weight is 210 g/mol. The van der Waals surface area contributed by atoms with E-state index in [1.807, 2.05) is 12.2 Å². The maximum atomic E-state index is 6.09. The van der Waals surface area contributed by atoms with Crippen molar-refractivity contribution in [1.82, 2.24) is 0 Å². The smallest absolute Gasteiger partial charge is 0.101 e. The van der Waals surface area contributed by atoms with E-state index in [2.05, 4.69) is 20.1 Å². The van der Waals surface area contributed by atoms with E-state index >= 15 is 0 Å². The zero-order valence-corrected chi connectivity index (χ0v) is 9.87. The van der Waals surface area contributed by atoms with Crippen molar-refractivity contribution >= 4 is 0 Å². The van der Waals surface area contributed by atoms with Crippen LogP contribution in [0.25, 0.3) is 0 Å². The lowest BCUT2D eigenvalue weighted by atomic mass is 9.83. The van der Waals surface area contributed by atoms with Gasteiger partial charge in [0.05, 0.1) is 12.2 Å². The Kier molecular flexibility index (Phi) is 4.55. The molecule has 1 saturated heterocycles. The van der Waals surface area contributed by atoms with Crippen LogP contribution in [0, 0.1) is 0 Å². The van der Waals surface area contributed by atoms with Gasteiger partial charge in [0.25, 0.3) is 0 Å². The van der Waals surface area contributed by atoms with Gasteiger partial charge < -0.3 is 9.47 Å². The molecular formula is C13H22O2. The van der Waals surface area contributed by atoms with Crippen LogP contribution in [0.15, 0.2) is 25.3 Å². The molecule has 0 aromatic rings. The Balaban J connectivity index is 2.85. The van der Waals surface area contributed by atoms with Crippen LogP contribution in [0.3, 0.4) is 0 Å². The molecule has 1 aliphatic rings. The van der Waals surface area contributed by atoms with Crippen LogP contribution < -0.4 is 0 Å². The van der Waals surface area contributed by atoms with E-state index in [0.717, 1.165) is 25.7 Å². The van der Waals surface area contributed by atoms with Crippen molar-refractivity contribution < 1.29 is 9.47 Å². The molecule has 0 radical (unpaired) electrons. The first-order chi connectivity index (χ1) is 7.18. The second kappa shape index (κ2) is 5.47. The largest absolute Gasteiger partial charge is 0.378 e. The van der Waals surface area contributed by atoms with E-state index in [9.17, 15) is 0 Å². The molecule has 0 aromatic carbocycles. The molecule has 0 aromatic heterocycles. The Hall–Kier alpha value is -0.600. The van der Waals surface area contributed by atoms with Crippen LogP contribution in [0.2, 0.25) is 0 Å². The lowest BCUT2D eigenvalue weighted by Crippen LogP contribution is -2.51. The van der Waals surface area contributed by atoms with Gasteiger partial charge in [0.2, 0.25) is 0 Å². The van der Waals surface area contributed by atoms with E-state index in [1.165, 1.54) is 0 Å². The van der Waals surface area contributed by atoms with Crippen molar-refractivity contribution in [2.24, 2.45) is 0 Å². The number of ether oxygens (including phenoxy) is 2. The summed E-state index contributed by atoms with van der Waals surface area (Å²) < 4.78 is 11.6. The molecule has 0 N–H and O–H groups in total. The van der Waals surface area contributed by atoms with Crippen molar-refractivity contribution in [3.63, 3.8) is 0 Å². The van der Waals surface area contributed by atoms with Gasteiger partial charge in [0.15, 0.2) is 0 Å². The van der Waals surface area contributed by atoms with Gasteiger partial charge in [-0.15, -0.1) is 13.2 Å². The maximum Gasteiger partial charge on any atom is 0.101 e. The first-order valence-corrected chi connectivity index (χ1v) is 5.61. The topological polar surface area (TPSA) is 18.5 Å². The zero-order valence-electron chi connectivity index (χ0n) is 9.87. The van der Waals surface area contributed by atoms with Gasteiger partial charge in [-0.05, 0) is 32.6 Å². The van der Waals surface area contributed by atoms with E-state index in [4.69, 9.17) is 9.47 Å². The Morgan fingerprint density at radius 3 is 2.40 bits per heavy atom. The molecule has 2 heteroatoms. The van der Waals surface area contributed by atoms with Crippen LogP contribution in [-0.4, -0.2) is 24.9 Å². The van der Waals surface area contributed by atoms with Gasteiger partial charge in [-0.25, -0.2) is 0 Å². The minimum Gasteiger partial charge on any atom is -0.378 e. The summed E-state index contributed by atoms with van der Waals surface area (Å²) in [7, 11) is 1.75. The van der Waals surface area contributed by atoms with Crippen LogP contribution in [0.4, 0.5) is 0 Å². The van der Waals surface area contributed by atoms with Crippen LogP contribution >= 0.6 is 0 Å². The number of methoxy groups -OCH3 is 1. The highest BCUT2D eigenvalue weighted by molar-refractivity contribution is 5.01. The average Bonchev–Trinajstić information content (AvgIpc) is 2.18. The molecule has 1 aliphatic heterocycles. The predicted molar refractivity (Wildman–Crippen MR) is 62.9 cm³/mol. The maximum absolute atomic E-state index is 6.09. The highest BCUT2D eigenvalue weighted by Crippen LogP contribution is 2.37. The fraction of sp³-hybridized carbons (Fsp3) is 0.692.